The monoisotopic (exact) mass is 194 g/mol. The lowest BCUT2D eigenvalue weighted by molar-refractivity contribution is -0.118. The van der Waals surface area contributed by atoms with Crippen molar-refractivity contribution in [1.29, 1.82) is 0 Å². The Morgan fingerprint density at radius 1 is 1.50 bits per heavy atom. The fourth-order valence-corrected chi connectivity index (χ4v) is 1.36. The van der Waals surface area contributed by atoms with E-state index in [1.54, 1.807) is 12.3 Å². The van der Waals surface area contributed by atoms with Crippen LogP contribution in [0.4, 0.5) is 4.79 Å². The van der Waals surface area contributed by atoms with Gasteiger partial charge in [-0.15, -0.1) is 0 Å². The van der Waals surface area contributed by atoms with Crippen molar-refractivity contribution in [3.63, 3.8) is 0 Å². The summed E-state index contributed by atoms with van der Waals surface area (Å²) in [6.07, 6.45) is 2.22. The van der Waals surface area contributed by atoms with E-state index in [0.29, 0.717) is 13.0 Å². The lowest BCUT2D eigenvalue weighted by Crippen LogP contribution is -2.29. The number of carbonyl (C=O) groups is 2. The van der Waals surface area contributed by atoms with E-state index in [-0.39, 0.29) is 18.5 Å². The predicted molar refractivity (Wildman–Crippen MR) is 47.5 cm³/mol. The highest BCUT2D eigenvalue weighted by molar-refractivity contribution is 6.01. The van der Waals surface area contributed by atoms with Gasteiger partial charge in [0.1, 0.15) is 12.3 Å². The number of furan rings is 1. The van der Waals surface area contributed by atoms with E-state index in [0.717, 1.165) is 5.76 Å². The molecule has 1 saturated heterocycles. The van der Waals surface area contributed by atoms with E-state index < -0.39 is 0 Å². The summed E-state index contributed by atoms with van der Waals surface area (Å²) in [5, 5.41) is 2.21. The van der Waals surface area contributed by atoms with Crippen molar-refractivity contribution < 1.29 is 14.0 Å². The van der Waals surface area contributed by atoms with Crippen LogP contribution in [0.25, 0.3) is 0 Å². The molecule has 2 heterocycles. The van der Waals surface area contributed by atoms with Crippen LogP contribution in [-0.2, 0) is 11.2 Å². The van der Waals surface area contributed by atoms with Crippen molar-refractivity contribution in [3.8, 4) is 0 Å². The highest BCUT2D eigenvalue weighted by Gasteiger charge is 2.25. The molecular weight excluding hydrogens is 184 g/mol. The molecule has 2 rings (SSSR count). The second-order valence-electron chi connectivity index (χ2n) is 3.10. The van der Waals surface area contributed by atoms with Gasteiger partial charge in [0.2, 0.25) is 5.91 Å². The second-order valence-corrected chi connectivity index (χ2v) is 3.10. The maximum atomic E-state index is 11.1. The number of amides is 3. The molecule has 0 bridgehead atoms. The van der Waals surface area contributed by atoms with Crippen molar-refractivity contribution in [2.75, 3.05) is 13.1 Å². The zero-order chi connectivity index (χ0) is 9.97. The van der Waals surface area contributed by atoms with Gasteiger partial charge < -0.3 is 9.32 Å². The smallest absolute Gasteiger partial charge is 0.324 e. The zero-order valence-electron chi connectivity index (χ0n) is 7.53. The highest BCUT2D eigenvalue weighted by atomic mass is 16.3. The molecule has 0 aliphatic carbocycles. The average Bonchev–Trinajstić information content (AvgIpc) is 2.72. The first kappa shape index (κ1) is 8.80. The summed E-state index contributed by atoms with van der Waals surface area (Å²) in [6.45, 7) is 0.657. The van der Waals surface area contributed by atoms with Gasteiger partial charge >= 0.3 is 6.03 Å². The van der Waals surface area contributed by atoms with Crippen LogP contribution < -0.4 is 5.32 Å². The van der Waals surface area contributed by atoms with Crippen LogP contribution in [-0.4, -0.2) is 29.9 Å². The second kappa shape index (κ2) is 3.53. The van der Waals surface area contributed by atoms with Crippen molar-refractivity contribution in [1.82, 2.24) is 10.2 Å². The molecule has 1 aromatic heterocycles. The maximum Gasteiger partial charge on any atom is 0.324 e. The van der Waals surface area contributed by atoms with Crippen molar-refractivity contribution in [2.45, 2.75) is 6.42 Å². The lowest BCUT2D eigenvalue weighted by atomic mass is 10.3. The molecule has 14 heavy (non-hydrogen) atoms. The standard InChI is InChI=1S/C9H10N2O3/c12-8-6-11(9(13)10-8)4-3-7-2-1-5-14-7/h1-2,5H,3-4,6H2,(H,10,12,13). The SMILES string of the molecule is O=C1CN(CCc2ccco2)C(=O)N1. The molecule has 0 atom stereocenters. The molecule has 0 aromatic carbocycles. The van der Waals surface area contributed by atoms with Crippen molar-refractivity contribution in [2.24, 2.45) is 0 Å². The van der Waals surface area contributed by atoms with Crippen molar-refractivity contribution >= 4 is 11.9 Å². The summed E-state index contributed by atoms with van der Waals surface area (Å²) >= 11 is 0. The van der Waals surface area contributed by atoms with Crippen LogP contribution in [0.1, 0.15) is 5.76 Å². The largest absolute Gasteiger partial charge is 0.469 e. The molecule has 0 spiro atoms. The molecule has 5 nitrogen and oxygen atoms in total. The lowest BCUT2D eigenvalue weighted by Gasteiger charge is -2.10. The number of nitrogens with one attached hydrogen (secondary N) is 1. The third kappa shape index (κ3) is 1.76. The fraction of sp³-hybridized carbons (Fsp3) is 0.333. The molecule has 5 heteroatoms. The molecule has 1 aliphatic rings. The van der Waals surface area contributed by atoms with Gasteiger partial charge in [-0.25, -0.2) is 4.79 Å². The minimum Gasteiger partial charge on any atom is -0.469 e. The van der Waals surface area contributed by atoms with E-state index in [1.807, 2.05) is 6.07 Å². The molecule has 0 saturated carbocycles. The predicted octanol–water partition coefficient (Wildman–Crippen LogP) is 0.374. The Bertz CT molecular complexity index is 345. The van der Waals surface area contributed by atoms with Gasteiger partial charge in [-0.2, -0.15) is 0 Å². The number of nitrogens with zero attached hydrogens (tertiary/aromatic N) is 1. The Kier molecular flexibility index (Phi) is 2.22. The number of rotatable bonds is 3. The van der Waals surface area contributed by atoms with E-state index in [1.165, 1.54) is 4.90 Å². The number of hydrogen-bond donors (Lipinski definition) is 1. The molecule has 74 valence electrons. The van der Waals surface area contributed by atoms with Gasteiger partial charge in [0, 0.05) is 13.0 Å². The zero-order valence-corrected chi connectivity index (χ0v) is 7.53. The number of hydrogen-bond acceptors (Lipinski definition) is 3. The molecule has 1 aliphatic heterocycles. The minimum atomic E-state index is -0.318. The topological polar surface area (TPSA) is 62.6 Å². The Labute approximate surface area is 80.7 Å². The summed E-state index contributed by atoms with van der Waals surface area (Å²) in [6, 6.07) is 3.32. The third-order valence-electron chi connectivity index (χ3n) is 2.08. The Morgan fingerprint density at radius 3 is 2.93 bits per heavy atom. The molecule has 3 amide bonds. The number of imide groups is 1. The van der Waals surface area contributed by atoms with Gasteiger partial charge in [0.15, 0.2) is 0 Å². The first-order valence-electron chi connectivity index (χ1n) is 4.37. The van der Waals surface area contributed by atoms with E-state index in [4.69, 9.17) is 4.42 Å². The summed E-state index contributed by atoms with van der Waals surface area (Å²) in [5.41, 5.74) is 0. The number of urea groups is 1. The Balaban J connectivity index is 1.87. The third-order valence-corrected chi connectivity index (χ3v) is 2.08. The van der Waals surface area contributed by atoms with E-state index >= 15 is 0 Å². The van der Waals surface area contributed by atoms with Crippen LogP contribution >= 0.6 is 0 Å². The van der Waals surface area contributed by atoms with Crippen LogP contribution in [0.2, 0.25) is 0 Å². The molecule has 1 fully saturated rings. The van der Waals surface area contributed by atoms with Gasteiger partial charge in [-0.3, -0.25) is 10.1 Å². The highest BCUT2D eigenvalue weighted by Crippen LogP contribution is 2.04. The summed E-state index contributed by atoms with van der Waals surface area (Å²) in [7, 11) is 0. The molecular formula is C9H10N2O3. The molecule has 1 N–H and O–H groups in total. The first-order chi connectivity index (χ1) is 6.75. The van der Waals surface area contributed by atoms with Crippen LogP contribution in [0.5, 0.6) is 0 Å². The Hall–Kier alpha value is -1.78. The van der Waals surface area contributed by atoms with Crippen molar-refractivity contribution in [3.05, 3.63) is 24.2 Å². The normalized spacial score (nSPS) is 16.1. The first-order valence-corrected chi connectivity index (χ1v) is 4.37. The van der Waals surface area contributed by atoms with Crippen LogP contribution in [0, 0.1) is 0 Å². The number of carbonyl (C=O) groups excluding carboxylic acids is 2. The average molecular weight is 194 g/mol. The van der Waals surface area contributed by atoms with Gasteiger partial charge in [0.05, 0.1) is 6.26 Å². The quantitative estimate of drug-likeness (QED) is 0.707. The molecule has 1 aromatic rings. The van der Waals surface area contributed by atoms with Crippen LogP contribution in [0.3, 0.4) is 0 Å². The van der Waals surface area contributed by atoms with Crippen LogP contribution in [0.15, 0.2) is 22.8 Å². The Morgan fingerprint density at radius 2 is 2.36 bits per heavy atom. The fourth-order valence-electron chi connectivity index (χ4n) is 1.36. The van der Waals surface area contributed by atoms with E-state index in [2.05, 4.69) is 5.32 Å². The van der Waals surface area contributed by atoms with Gasteiger partial charge in [-0.05, 0) is 12.1 Å². The van der Waals surface area contributed by atoms with Gasteiger partial charge in [0.25, 0.3) is 0 Å². The minimum absolute atomic E-state index is 0.152. The maximum absolute atomic E-state index is 11.1. The summed E-state index contributed by atoms with van der Waals surface area (Å²) < 4.78 is 5.11. The van der Waals surface area contributed by atoms with Gasteiger partial charge in [-0.1, -0.05) is 0 Å². The summed E-state index contributed by atoms with van der Waals surface area (Å²) in [5.74, 6) is 0.576. The molecule has 0 radical (unpaired) electrons. The van der Waals surface area contributed by atoms with E-state index in [9.17, 15) is 9.59 Å². The molecule has 0 unspecified atom stereocenters. The summed E-state index contributed by atoms with van der Waals surface area (Å²) in [4.78, 5) is 23.4.